The average molecular weight is 360 g/mol. The zero-order chi connectivity index (χ0) is 18.8. The number of rotatable bonds is 3. The Kier molecular flexibility index (Phi) is 4.75. The van der Waals surface area contributed by atoms with Crippen molar-refractivity contribution < 1.29 is 4.79 Å². The minimum atomic E-state index is 0.131. The maximum atomic E-state index is 12.8. The number of pyridine rings is 1. The molecule has 27 heavy (non-hydrogen) atoms. The summed E-state index contributed by atoms with van der Waals surface area (Å²) in [5.41, 5.74) is 4.08. The van der Waals surface area contributed by atoms with Crippen LogP contribution >= 0.6 is 0 Å². The molecule has 0 atom stereocenters. The lowest BCUT2D eigenvalue weighted by molar-refractivity contribution is 0.0694. The van der Waals surface area contributed by atoms with Crippen molar-refractivity contribution in [2.24, 2.45) is 0 Å². The van der Waals surface area contributed by atoms with Crippen LogP contribution in [0.1, 0.15) is 40.5 Å². The Hall–Kier alpha value is -2.95. The van der Waals surface area contributed by atoms with Crippen LogP contribution in [0.4, 0.5) is 0 Å². The summed E-state index contributed by atoms with van der Waals surface area (Å²) in [6.45, 7) is 5.64. The quantitative estimate of drug-likeness (QED) is 0.708. The molecule has 0 unspecified atom stereocenters. The Morgan fingerprint density at radius 2 is 1.89 bits per heavy atom. The fourth-order valence-electron chi connectivity index (χ4n) is 3.90. The van der Waals surface area contributed by atoms with Crippen LogP contribution in [0.3, 0.4) is 0 Å². The Balaban J connectivity index is 1.50. The second kappa shape index (κ2) is 7.35. The van der Waals surface area contributed by atoms with Gasteiger partial charge in [-0.2, -0.15) is 0 Å². The number of aromatic nitrogens is 3. The summed E-state index contributed by atoms with van der Waals surface area (Å²) < 4.78 is 2.31. The van der Waals surface area contributed by atoms with Crippen molar-refractivity contribution >= 4 is 5.91 Å². The lowest BCUT2D eigenvalue weighted by atomic mass is 10.0. The van der Waals surface area contributed by atoms with Gasteiger partial charge in [0.2, 0.25) is 0 Å². The molecule has 1 aliphatic rings. The maximum absolute atomic E-state index is 12.8. The van der Waals surface area contributed by atoms with Crippen molar-refractivity contribution in [1.82, 2.24) is 19.4 Å². The van der Waals surface area contributed by atoms with Crippen LogP contribution in [-0.4, -0.2) is 38.4 Å². The molecular weight excluding hydrogens is 336 g/mol. The van der Waals surface area contributed by atoms with E-state index in [0.29, 0.717) is 6.04 Å². The van der Waals surface area contributed by atoms with E-state index < -0.39 is 0 Å². The van der Waals surface area contributed by atoms with E-state index in [9.17, 15) is 4.79 Å². The Morgan fingerprint density at radius 1 is 1.07 bits per heavy atom. The SMILES string of the molecule is Cc1cccc(C(=O)N2CCC(n3c(C)cnc3-c3cccnc3)CC2)c1. The summed E-state index contributed by atoms with van der Waals surface area (Å²) in [5, 5.41) is 0. The summed E-state index contributed by atoms with van der Waals surface area (Å²) in [6.07, 6.45) is 7.42. The van der Waals surface area contributed by atoms with Crippen LogP contribution in [0, 0.1) is 13.8 Å². The third kappa shape index (κ3) is 3.50. The van der Waals surface area contributed by atoms with Crippen LogP contribution in [-0.2, 0) is 0 Å². The van der Waals surface area contributed by atoms with E-state index in [4.69, 9.17) is 0 Å². The van der Waals surface area contributed by atoms with Crippen molar-refractivity contribution in [2.75, 3.05) is 13.1 Å². The van der Waals surface area contributed by atoms with E-state index in [2.05, 4.69) is 21.5 Å². The number of aryl methyl sites for hydroxylation is 2. The highest BCUT2D eigenvalue weighted by atomic mass is 16.2. The summed E-state index contributed by atoms with van der Waals surface area (Å²) in [7, 11) is 0. The van der Waals surface area contributed by atoms with Gasteiger partial charge in [-0.1, -0.05) is 17.7 Å². The smallest absolute Gasteiger partial charge is 0.253 e. The molecule has 3 aromatic rings. The zero-order valence-electron chi connectivity index (χ0n) is 15.8. The third-order valence-corrected chi connectivity index (χ3v) is 5.28. The lowest BCUT2D eigenvalue weighted by Crippen LogP contribution is -2.39. The number of piperidine rings is 1. The average Bonchev–Trinajstić information content (AvgIpc) is 3.10. The van der Waals surface area contributed by atoms with Gasteiger partial charge >= 0.3 is 0 Å². The molecule has 0 radical (unpaired) electrons. The predicted molar refractivity (Wildman–Crippen MR) is 106 cm³/mol. The van der Waals surface area contributed by atoms with Crippen molar-refractivity contribution in [3.8, 4) is 11.4 Å². The number of hydrogen-bond acceptors (Lipinski definition) is 3. The van der Waals surface area contributed by atoms with Crippen molar-refractivity contribution in [2.45, 2.75) is 32.7 Å². The van der Waals surface area contributed by atoms with Crippen molar-refractivity contribution in [1.29, 1.82) is 0 Å². The molecule has 0 aliphatic carbocycles. The van der Waals surface area contributed by atoms with Gasteiger partial charge in [0.15, 0.2) is 0 Å². The molecule has 5 heteroatoms. The minimum absolute atomic E-state index is 0.131. The van der Waals surface area contributed by atoms with Gasteiger partial charge in [0.25, 0.3) is 5.91 Å². The lowest BCUT2D eigenvalue weighted by Gasteiger charge is -2.34. The predicted octanol–water partition coefficient (Wildman–Crippen LogP) is 4.04. The van der Waals surface area contributed by atoms with Crippen molar-refractivity contribution in [3.05, 3.63) is 71.8 Å². The van der Waals surface area contributed by atoms with Crippen LogP contribution in [0.2, 0.25) is 0 Å². The molecule has 2 aromatic heterocycles. The molecule has 1 aromatic carbocycles. The van der Waals surface area contributed by atoms with Gasteiger partial charge in [-0.25, -0.2) is 4.98 Å². The van der Waals surface area contributed by atoms with E-state index in [1.54, 1.807) is 6.20 Å². The summed E-state index contributed by atoms with van der Waals surface area (Å²) in [5.74, 6) is 1.09. The van der Waals surface area contributed by atoms with Gasteiger partial charge in [-0.15, -0.1) is 0 Å². The number of amides is 1. The van der Waals surface area contributed by atoms with E-state index in [1.165, 1.54) is 0 Å². The Bertz CT molecular complexity index is 940. The van der Waals surface area contributed by atoms with E-state index in [0.717, 1.165) is 54.1 Å². The van der Waals surface area contributed by atoms with E-state index in [-0.39, 0.29) is 5.91 Å². The molecule has 1 amide bonds. The number of hydrogen-bond donors (Lipinski definition) is 0. The first-order chi connectivity index (χ1) is 13.1. The number of carbonyl (C=O) groups is 1. The Morgan fingerprint density at radius 3 is 2.59 bits per heavy atom. The summed E-state index contributed by atoms with van der Waals surface area (Å²) in [4.78, 5) is 23.6. The van der Waals surface area contributed by atoms with Crippen LogP contribution in [0.25, 0.3) is 11.4 Å². The first-order valence-corrected chi connectivity index (χ1v) is 9.43. The summed E-state index contributed by atoms with van der Waals surface area (Å²) in [6, 6.07) is 12.2. The van der Waals surface area contributed by atoms with Gasteiger partial charge in [-0.3, -0.25) is 9.78 Å². The van der Waals surface area contributed by atoms with Crippen LogP contribution in [0.15, 0.2) is 55.0 Å². The first-order valence-electron chi connectivity index (χ1n) is 9.43. The maximum Gasteiger partial charge on any atom is 0.253 e. The molecule has 3 heterocycles. The molecule has 1 saturated heterocycles. The number of imidazole rings is 1. The van der Waals surface area contributed by atoms with Gasteiger partial charge in [0, 0.05) is 54.5 Å². The standard InChI is InChI=1S/C22H24N4O/c1-16-5-3-6-18(13-16)22(27)25-11-8-20(9-12-25)26-17(2)14-24-21(26)19-7-4-10-23-15-19/h3-7,10,13-15,20H,8-9,11-12H2,1-2H3. The topological polar surface area (TPSA) is 51.0 Å². The van der Waals surface area contributed by atoms with Gasteiger partial charge < -0.3 is 9.47 Å². The van der Waals surface area contributed by atoms with E-state index >= 15 is 0 Å². The molecule has 5 nitrogen and oxygen atoms in total. The largest absolute Gasteiger partial charge is 0.338 e. The highest BCUT2D eigenvalue weighted by molar-refractivity contribution is 5.94. The molecule has 138 valence electrons. The van der Waals surface area contributed by atoms with E-state index in [1.807, 2.05) is 60.6 Å². The fraction of sp³-hybridized carbons (Fsp3) is 0.318. The fourth-order valence-corrected chi connectivity index (χ4v) is 3.90. The number of likely N-dealkylation sites (tertiary alicyclic amines) is 1. The molecule has 0 saturated carbocycles. The highest BCUT2D eigenvalue weighted by Crippen LogP contribution is 2.30. The molecule has 4 rings (SSSR count). The molecular formula is C22H24N4O. The van der Waals surface area contributed by atoms with Gasteiger partial charge in [-0.05, 0) is 51.0 Å². The number of carbonyl (C=O) groups excluding carboxylic acids is 1. The second-order valence-electron chi connectivity index (χ2n) is 7.23. The van der Waals surface area contributed by atoms with Crippen molar-refractivity contribution in [3.63, 3.8) is 0 Å². The zero-order valence-corrected chi connectivity index (χ0v) is 15.8. The normalized spacial score (nSPS) is 15.1. The third-order valence-electron chi connectivity index (χ3n) is 5.28. The Labute approximate surface area is 159 Å². The molecule has 0 bridgehead atoms. The monoisotopic (exact) mass is 360 g/mol. The van der Waals surface area contributed by atoms with Crippen LogP contribution < -0.4 is 0 Å². The summed E-state index contributed by atoms with van der Waals surface area (Å²) >= 11 is 0. The molecule has 0 N–H and O–H groups in total. The van der Waals surface area contributed by atoms with Gasteiger partial charge in [0.05, 0.1) is 0 Å². The molecule has 0 spiro atoms. The van der Waals surface area contributed by atoms with Crippen LogP contribution in [0.5, 0.6) is 0 Å². The van der Waals surface area contributed by atoms with Gasteiger partial charge in [0.1, 0.15) is 5.82 Å². The minimum Gasteiger partial charge on any atom is -0.338 e. The highest BCUT2D eigenvalue weighted by Gasteiger charge is 2.27. The number of benzene rings is 1. The first kappa shape index (κ1) is 17.5. The number of nitrogens with zero attached hydrogens (tertiary/aromatic N) is 4. The molecule has 1 aliphatic heterocycles. The molecule has 1 fully saturated rings. The second-order valence-corrected chi connectivity index (χ2v) is 7.23.